The van der Waals surface area contributed by atoms with Crippen LogP contribution in [0.4, 0.5) is 0 Å². The van der Waals surface area contributed by atoms with Gasteiger partial charge in [-0.3, -0.25) is 9.69 Å². The fourth-order valence-corrected chi connectivity index (χ4v) is 3.14. The van der Waals surface area contributed by atoms with Crippen molar-refractivity contribution in [1.29, 1.82) is 0 Å². The minimum absolute atomic E-state index is 0.0457. The monoisotopic (exact) mass is 360 g/mol. The Morgan fingerprint density at radius 2 is 2.00 bits per heavy atom. The second kappa shape index (κ2) is 7.76. The number of hydrogen-bond acceptors (Lipinski definition) is 4. The SMILES string of the molecule is CC(NC(=O)CN(C)Cc1ccc2c(c1)OCO2)c1ccccc1Cl. The van der Waals surface area contributed by atoms with Gasteiger partial charge in [-0.1, -0.05) is 35.9 Å². The number of ether oxygens (including phenoxy) is 2. The Morgan fingerprint density at radius 3 is 2.80 bits per heavy atom. The van der Waals surface area contributed by atoms with Crippen LogP contribution in [0, 0.1) is 0 Å². The standard InChI is InChI=1S/C19H21ClN2O3/c1-13(15-5-3-4-6-16(15)20)21-19(23)11-22(2)10-14-7-8-17-18(9-14)25-12-24-17/h3-9,13H,10-12H2,1-2H3,(H,21,23). The Kier molecular flexibility index (Phi) is 5.46. The summed E-state index contributed by atoms with van der Waals surface area (Å²) < 4.78 is 10.7. The first-order valence-corrected chi connectivity index (χ1v) is 8.51. The van der Waals surface area contributed by atoms with Crippen molar-refractivity contribution in [3.8, 4) is 11.5 Å². The van der Waals surface area contributed by atoms with E-state index in [2.05, 4.69) is 5.32 Å². The Labute approximate surface area is 152 Å². The Bertz CT molecular complexity index is 766. The van der Waals surface area contributed by atoms with E-state index >= 15 is 0 Å². The average Bonchev–Trinajstić information content (AvgIpc) is 3.02. The van der Waals surface area contributed by atoms with Crippen molar-refractivity contribution in [2.24, 2.45) is 0 Å². The summed E-state index contributed by atoms with van der Waals surface area (Å²) in [7, 11) is 1.91. The fraction of sp³-hybridized carbons (Fsp3) is 0.316. The molecule has 0 aromatic heterocycles. The third-order valence-corrected chi connectivity index (χ3v) is 4.40. The summed E-state index contributed by atoms with van der Waals surface area (Å²) in [5.41, 5.74) is 1.98. The number of amides is 1. The van der Waals surface area contributed by atoms with Gasteiger partial charge in [-0.2, -0.15) is 0 Å². The number of likely N-dealkylation sites (N-methyl/N-ethyl adjacent to an activating group) is 1. The van der Waals surface area contributed by atoms with Crippen molar-refractivity contribution in [2.75, 3.05) is 20.4 Å². The molecule has 2 aromatic rings. The summed E-state index contributed by atoms with van der Waals surface area (Å²) in [5.74, 6) is 1.47. The molecule has 3 rings (SSSR count). The highest BCUT2D eigenvalue weighted by Crippen LogP contribution is 2.32. The third kappa shape index (κ3) is 4.44. The lowest BCUT2D eigenvalue weighted by molar-refractivity contribution is -0.122. The average molecular weight is 361 g/mol. The highest BCUT2D eigenvalue weighted by atomic mass is 35.5. The lowest BCUT2D eigenvalue weighted by Gasteiger charge is -2.20. The van der Waals surface area contributed by atoms with Gasteiger partial charge in [0.1, 0.15) is 0 Å². The number of nitrogens with one attached hydrogen (secondary N) is 1. The molecule has 0 fully saturated rings. The summed E-state index contributed by atoms with van der Waals surface area (Å²) in [4.78, 5) is 14.2. The molecule has 2 aromatic carbocycles. The van der Waals surface area contributed by atoms with Crippen LogP contribution in [0.1, 0.15) is 24.1 Å². The molecule has 0 saturated heterocycles. The molecule has 1 unspecified atom stereocenters. The zero-order chi connectivity index (χ0) is 17.8. The van der Waals surface area contributed by atoms with Gasteiger partial charge in [0.15, 0.2) is 11.5 Å². The van der Waals surface area contributed by atoms with Crippen molar-refractivity contribution >= 4 is 17.5 Å². The van der Waals surface area contributed by atoms with Crippen LogP contribution < -0.4 is 14.8 Å². The number of halogens is 1. The third-order valence-electron chi connectivity index (χ3n) is 4.05. The van der Waals surface area contributed by atoms with E-state index < -0.39 is 0 Å². The summed E-state index contributed by atoms with van der Waals surface area (Å²) in [6.45, 7) is 3.13. The summed E-state index contributed by atoms with van der Waals surface area (Å²) in [6.07, 6.45) is 0. The van der Waals surface area contributed by atoms with Crippen LogP contribution in [0.5, 0.6) is 11.5 Å². The molecule has 0 saturated carbocycles. The van der Waals surface area contributed by atoms with E-state index in [9.17, 15) is 4.79 Å². The smallest absolute Gasteiger partial charge is 0.234 e. The maximum atomic E-state index is 12.3. The first kappa shape index (κ1) is 17.6. The van der Waals surface area contributed by atoms with Gasteiger partial charge in [-0.15, -0.1) is 0 Å². The van der Waals surface area contributed by atoms with Crippen LogP contribution in [0.15, 0.2) is 42.5 Å². The molecular formula is C19H21ClN2O3. The van der Waals surface area contributed by atoms with E-state index in [-0.39, 0.29) is 18.7 Å². The predicted molar refractivity (Wildman–Crippen MR) is 96.9 cm³/mol. The number of carbonyl (C=O) groups is 1. The molecule has 25 heavy (non-hydrogen) atoms. The Morgan fingerprint density at radius 1 is 1.24 bits per heavy atom. The lowest BCUT2D eigenvalue weighted by atomic mass is 10.1. The zero-order valence-electron chi connectivity index (χ0n) is 14.3. The van der Waals surface area contributed by atoms with E-state index in [4.69, 9.17) is 21.1 Å². The van der Waals surface area contributed by atoms with E-state index in [0.717, 1.165) is 22.6 Å². The molecular weight excluding hydrogens is 340 g/mol. The van der Waals surface area contributed by atoms with Crippen molar-refractivity contribution in [1.82, 2.24) is 10.2 Å². The van der Waals surface area contributed by atoms with E-state index in [1.165, 1.54) is 0 Å². The van der Waals surface area contributed by atoms with Gasteiger partial charge in [-0.25, -0.2) is 0 Å². The molecule has 5 nitrogen and oxygen atoms in total. The first-order chi connectivity index (χ1) is 12.0. The second-order valence-electron chi connectivity index (χ2n) is 6.17. The summed E-state index contributed by atoms with van der Waals surface area (Å²) in [6, 6.07) is 13.2. The molecule has 1 atom stereocenters. The van der Waals surface area contributed by atoms with E-state index in [0.29, 0.717) is 18.1 Å². The summed E-state index contributed by atoms with van der Waals surface area (Å²) >= 11 is 6.18. The maximum absolute atomic E-state index is 12.3. The van der Waals surface area contributed by atoms with E-state index in [1.807, 2.05) is 61.3 Å². The molecule has 0 bridgehead atoms. The molecule has 1 amide bonds. The van der Waals surface area contributed by atoms with Crippen LogP contribution in [0.2, 0.25) is 5.02 Å². The van der Waals surface area contributed by atoms with Crippen LogP contribution in [0.25, 0.3) is 0 Å². The number of hydrogen-bond donors (Lipinski definition) is 1. The first-order valence-electron chi connectivity index (χ1n) is 8.14. The molecule has 1 heterocycles. The summed E-state index contributed by atoms with van der Waals surface area (Å²) in [5, 5.41) is 3.64. The molecule has 0 spiro atoms. The normalized spacial score (nSPS) is 13.8. The van der Waals surface area contributed by atoms with Crippen molar-refractivity contribution in [2.45, 2.75) is 19.5 Å². The highest BCUT2D eigenvalue weighted by Gasteiger charge is 2.16. The van der Waals surface area contributed by atoms with E-state index in [1.54, 1.807) is 0 Å². The highest BCUT2D eigenvalue weighted by molar-refractivity contribution is 6.31. The van der Waals surface area contributed by atoms with Gasteiger partial charge in [-0.05, 0) is 43.3 Å². The Balaban J connectivity index is 1.53. The van der Waals surface area contributed by atoms with Gasteiger partial charge in [0.05, 0.1) is 12.6 Å². The second-order valence-corrected chi connectivity index (χ2v) is 6.58. The molecule has 6 heteroatoms. The van der Waals surface area contributed by atoms with Crippen molar-refractivity contribution in [3.05, 3.63) is 58.6 Å². The fourth-order valence-electron chi connectivity index (χ4n) is 2.84. The molecule has 1 N–H and O–H groups in total. The molecule has 132 valence electrons. The van der Waals surface area contributed by atoms with Gasteiger partial charge in [0.25, 0.3) is 0 Å². The maximum Gasteiger partial charge on any atom is 0.234 e. The number of fused-ring (bicyclic) bond motifs is 1. The number of nitrogens with zero attached hydrogens (tertiary/aromatic N) is 1. The van der Waals surface area contributed by atoms with Crippen molar-refractivity contribution in [3.63, 3.8) is 0 Å². The van der Waals surface area contributed by atoms with Gasteiger partial charge in [0, 0.05) is 11.6 Å². The zero-order valence-corrected chi connectivity index (χ0v) is 15.0. The van der Waals surface area contributed by atoms with Crippen molar-refractivity contribution < 1.29 is 14.3 Å². The number of rotatable bonds is 6. The molecule has 0 aliphatic carbocycles. The number of carbonyl (C=O) groups excluding carboxylic acids is 1. The minimum atomic E-state index is -0.139. The minimum Gasteiger partial charge on any atom is -0.454 e. The Hall–Kier alpha value is -2.24. The van der Waals surface area contributed by atoms with Gasteiger partial charge in [0.2, 0.25) is 12.7 Å². The van der Waals surface area contributed by atoms with Crippen LogP contribution in [-0.2, 0) is 11.3 Å². The predicted octanol–water partition coefficient (Wildman–Crippen LogP) is 3.38. The quantitative estimate of drug-likeness (QED) is 0.858. The van der Waals surface area contributed by atoms with Crippen LogP contribution in [0.3, 0.4) is 0 Å². The van der Waals surface area contributed by atoms with Crippen LogP contribution in [-0.4, -0.2) is 31.2 Å². The van der Waals surface area contributed by atoms with Gasteiger partial charge >= 0.3 is 0 Å². The van der Waals surface area contributed by atoms with Crippen LogP contribution >= 0.6 is 11.6 Å². The van der Waals surface area contributed by atoms with Gasteiger partial charge < -0.3 is 14.8 Å². The topological polar surface area (TPSA) is 50.8 Å². The molecule has 1 aliphatic heterocycles. The molecule has 1 aliphatic rings. The molecule has 0 radical (unpaired) electrons. The lowest BCUT2D eigenvalue weighted by Crippen LogP contribution is -2.36. The largest absolute Gasteiger partial charge is 0.454 e. The number of benzene rings is 2.